The number of carbonyl (C=O) groups excluding carboxylic acids is 2. The van der Waals surface area contributed by atoms with E-state index in [0.29, 0.717) is 0 Å². The highest BCUT2D eigenvalue weighted by Crippen LogP contribution is 2.13. The maximum absolute atomic E-state index is 11.5. The number of likely N-dealkylation sites (N-methyl/N-ethyl adjacent to an activating group) is 1. The first-order chi connectivity index (χ1) is 7.34. The van der Waals surface area contributed by atoms with Gasteiger partial charge in [0.2, 0.25) is 11.8 Å². The van der Waals surface area contributed by atoms with Crippen molar-refractivity contribution in [1.29, 1.82) is 0 Å². The second-order valence-electron chi connectivity index (χ2n) is 4.13. The number of hydrogen-bond acceptors (Lipinski definition) is 4. The van der Waals surface area contributed by atoms with E-state index in [4.69, 9.17) is 5.11 Å². The van der Waals surface area contributed by atoms with E-state index in [9.17, 15) is 14.4 Å². The number of carbonyl (C=O) groups is 3. The second kappa shape index (κ2) is 4.61. The molecule has 2 N–H and O–H groups in total. The molecule has 0 spiro atoms. The molecule has 0 bridgehead atoms. The van der Waals surface area contributed by atoms with Gasteiger partial charge in [0, 0.05) is 13.1 Å². The number of rotatable bonds is 4. The molecule has 1 aliphatic rings. The van der Waals surface area contributed by atoms with Crippen molar-refractivity contribution in [3.8, 4) is 0 Å². The van der Waals surface area contributed by atoms with Crippen molar-refractivity contribution in [2.24, 2.45) is 5.92 Å². The van der Waals surface area contributed by atoms with E-state index >= 15 is 0 Å². The summed E-state index contributed by atoms with van der Waals surface area (Å²) in [5.74, 6) is -2.06. The Balaban J connectivity index is 2.59. The second-order valence-corrected chi connectivity index (χ2v) is 4.13. The fourth-order valence-electron chi connectivity index (χ4n) is 1.56. The van der Waals surface area contributed by atoms with Gasteiger partial charge < -0.3 is 10.4 Å². The molecule has 1 aliphatic heterocycles. The molecule has 0 aromatic rings. The molecule has 1 fully saturated rings. The summed E-state index contributed by atoms with van der Waals surface area (Å²) in [6.07, 6.45) is 0.103. The summed E-state index contributed by atoms with van der Waals surface area (Å²) < 4.78 is 0. The van der Waals surface area contributed by atoms with Gasteiger partial charge in [0.05, 0.1) is 18.4 Å². The molecule has 3 atom stereocenters. The minimum atomic E-state index is -0.926. The van der Waals surface area contributed by atoms with Gasteiger partial charge in [-0.3, -0.25) is 19.3 Å². The molecule has 0 saturated carbocycles. The Morgan fingerprint density at radius 2 is 2.06 bits per heavy atom. The first-order valence-corrected chi connectivity index (χ1v) is 5.13. The third-order valence-corrected chi connectivity index (χ3v) is 2.99. The third kappa shape index (κ3) is 2.38. The van der Waals surface area contributed by atoms with Crippen molar-refractivity contribution in [3.63, 3.8) is 0 Å². The zero-order valence-corrected chi connectivity index (χ0v) is 9.56. The zero-order valence-electron chi connectivity index (χ0n) is 9.56. The molecule has 1 saturated heterocycles. The van der Waals surface area contributed by atoms with Crippen LogP contribution in [0.15, 0.2) is 0 Å². The molecule has 0 aromatic carbocycles. The number of aliphatic carboxylic acids is 1. The van der Waals surface area contributed by atoms with Gasteiger partial charge in [-0.05, 0) is 6.92 Å². The topological polar surface area (TPSA) is 86.7 Å². The molecule has 16 heavy (non-hydrogen) atoms. The normalized spacial score (nSPS) is 24.7. The van der Waals surface area contributed by atoms with Crippen LogP contribution in [0.25, 0.3) is 0 Å². The average Bonchev–Trinajstić information content (AvgIpc) is 2.45. The molecule has 0 radical (unpaired) electrons. The first-order valence-electron chi connectivity index (χ1n) is 5.13. The molecule has 6 nitrogen and oxygen atoms in total. The summed E-state index contributed by atoms with van der Waals surface area (Å²) in [5.41, 5.74) is 0. The fourth-order valence-corrected chi connectivity index (χ4v) is 1.56. The summed E-state index contributed by atoms with van der Waals surface area (Å²) in [6, 6.07) is -0.944. The van der Waals surface area contributed by atoms with Crippen molar-refractivity contribution in [2.45, 2.75) is 32.4 Å². The van der Waals surface area contributed by atoms with Gasteiger partial charge >= 0.3 is 5.97 Å². The summed E-state index contributed by atoms with van der Waals surface area (Å²) in [7, 11) is 1.43. The van der Waals surface area contributed by atoms with E-state index in [2.05, 4.69) is 5.32 Å². The highest BCUT2D eigenvalue weighted by molar-refractivity contribution is 6.05. The van der Waals surface area contributed by atoms with Crippen LogP contribution in [0, 0.1) is 5.92 Å². The van der Waals surface area contributed by atoms with Gasteiger partial charge in [0.1, 0.15) is 0 Å². The first kappa shape index (κ1) is 12.6. The van der Waals surface area contributed by atoms with Crippen LogP contribution in [0.3, 0.4) is 0 Å². The van der Waals surface area contributed by atoms with Crippen LogP contribution in [-0.2, 0) is 14.4 Å². The molecule has 1 rings (SSSR count). The van der Waals surface area contributed by atoms with Gasteiger partial charge in [-0.1, -0.05) is 6.92 Å². The fraction of sp³-hybridized carbons (Fsp3) is 0.700. The number of carboxylic acid groups (broad SMARTS) is 1. The minimum absolute atomic E-state index is 0.103. The van der Waals surface area contributed by atoms with Gasteiger partial charge in [0.15, 0.2) is 0 Å². The Kier molecular flexibility index (Phi) is 3.64. The maximum atomic E-state index is 11.5. The van der Waals surface area contributed by atoms with Crippen molar-refractivity contribution < 1.29 is 19.5 Å². The van der Waals surface area contributed by atoms with Crippen LogP contribution in [0.5, 0.6) is 0 Å². The molecule has 90 valence electrons. The standard InChI is InChI=1S/C10H16N2O4/c1-5(10(15)16)6(2)11-7-4-8(13)12(3)9(7)14/h5-7,11H,4H2,1-3H3,(H,15,16). The van der Waals surface area contributed by atoms with Crippen molar-refractivity contribution in [2.75, 3.05) is 7.05 Å². The summed E-state index contributed by atoms with van der Waals surface area (Å²) in [4.78, 5) is 34.6. The van der Waals surface area contributed by atoms with E-state index in [-0.39, 0.29) is 24.3 Å². The molecule has 2 amide bonds. The number of hydrogen-bond donors (Lipinski definition) is 2. The summed E-state index contributed by atoms with van der Waals surface area (Å²) >= 11 is 0. The summed E-state index contributed by atoms with van der Waals surface area (Å²) in [6.45, 7) is 3.25. The highest BCUT2D eigenvalue weighted by atomic mass is 16.4. The smallest absolute Gasteiger partial charge is 0.307 e. The van der Waals surface area contributed by atoms with Crippen LogP contribution in [-0.4, -0.2) is 46.9 Å². The Hall–Kier alpha value is -1.43. The van der Waals surface area contributed by atoms with Crippen LogP contribution in [0.4, 0.5) is 0 Å². The molecule has 0 aromatic heterocycles. The van der Waals surface area contributed by atoms with E-state index < -0.39 is 17.9 Å². The average molecular weight is 228 g/mol. The third-order valence-electron chi connectivity index (χ3n) is 2.99. The Morgan fingerprint density at radius 1 is 1.50 bits per heavy atom. The zero-order chi connectivity index (χ0) is 12.5. The predicted octanol–water partition coefficient (Wildman–Crippen LogP) is -0.557. The van der Waals surface area contributed by atoms with Crippen molar-refractivity contribution in [3.05, 3.63) is 0 Å². The molecule has 1 heterocycles. The number of nitrogens with one attached hydrogen (secondary N) is 1. The SMILES string of the molecule is CC(NC1CC(=O)N(C)C1=O)C(C)C(=O)O. The van der Waals surface area contributed by atoms with Gasteiger partial charge in [-0.15, -0.1) is 0 Å². The van der Waals surface area contributed by atoms with Crippen LogP contribution in [0.1, 0.15) is 20.3 Å². The Labute approximate surface area is 93.6 Å². The van der Waals surface area contributed by atoms with Gasteiger partial charge in [0.25, 0.3) is 0 Å². The van der Waals surface area contributed by atoms with Crippen LogP contribution >= 0.6 is 0 Å². The van der Waals surface area contributed by atoms with Gasteiger partial charge in [-0.2, -0.15) is 0 Å². The molecule has 6 heteroatoms. The minimum Gasteiger partial charge on any atom is -0.481 e. The lowest BCUT2D eigenvalue weighted by Crippen LogP contribution is -2.46. The molecule has 0 aliphatic carbocycles. The lowest BCUT2D eigenvalue weighted by Gasteiger charge is -2.20. The van der Waals surface area contributed by atoms with Crippen LogP contribution in [0.2, 0.25) is 0 Å². The lowest BCUT2D eigenvalue weighted by molar-refractivity contribution is -0.143. The van der Waals surface area contributed by atoms with E-state index in [1.807, 2.05) is 0 Å². The Bertz CT molecular complexity index is 329. The molecular weight excluding hydrogens is 212 g/mol. The summed E-state index contributed by atoms with van der Waals surface area (Å²) in [5, 5.41) is 11.7. The lowest BCUT2D eigenvalue weighted by atomic mass is 10.0. The van der Waals surface area contributed by atoms with Crippen molar-refractivity contribution >= 4 is 17.8 Å². The predicted molar refractivity (Wildman–Crippen MR) is 55.6 cm³/mol. The van der Waals surface area contributed by atoms with E-state index in [0.717, 1.165) is 4.90 Å². The number of carboxylic acids is 1. The number of likely N-dealkylation sites (tertiary alicyclic amines) is 1. The highest BCUT2D eigenvalue weighted by Gasteiger charge is 2.37. The van der Waals surface area contributed by atoms with Crippen LogP contribution < -0.4 is 5.32 Å². The number of amides is 2. The van der Waals surface area contributed by atoms with E-state index in [1.165, 1.54) is 7.05 Å². The molecule has 3 unspecified atom stereocenters. The monoisotopic (exact) mass is 228 g/mol. The quantitative estimate of drug-likeness (QED) is 0.630. The number of nitrogens with zero attached hydrogens (tertiary/aromatic N) is 1. The Morgan fingerprint density at radius 3 is 2.44 bits per heavy atom. The van der Waals surface area contributed by atoms with Gasteiger partial charge in [-0.25, -0.2) is 0 Å². The van der Waals surface area contributed by atoms with Crippen molar-refractivity contribution in [1.82, 2.24) is 10.2 Å². The van der Waals surface area contributed by atoms with E-state index in [1.54, 1.807) is 13.8 Å². The molecular formula is C10H16N2O4. The largest absolute Gasteiger partial charge is 0.481 e. The maximum Gasteiger partial charge on any atom is 0.307 e. The number of imide groups is 1.